The van der Waals surface area contributed by atoms with Crippen molar-refractivity contribution in [2.45, 2.75) is 64.9 Å². The predicted molar refractivity (Wildman–Crippen MR) is 75.6 cm³/mol. The van der Waals surface area contributed by atoms with Gasteiger partial charge in [0.1, 0.15) is 11.4 Å². The zero-order valence-corrected chi connectivity index (χ0v) is 13.5. The van der Waals surface area contributed by atoms with E-state index in [-0.39, 0.29) is 10.8 Å². The fourth-order valence-electron chi connectivity index (χ4n) is 1.88. The molecule has 2 rings (SSSR count). The summed E-state index contributed by atoms with van der Waals surface area (Å²) in [5.41, 5.74) is 1.36. The van der Waals surface area contributed by atoms with Crippen molar-refractivity contribution >= 4 is 14.1 Å². The van der Waals surface area contributed by atoms with Crippen LogP contribution in [0.15, 0.2) is 0 Å². The monoisotopic (exact) mass is 281 g/mol. The lowest BCUT2D eigenvalue weighted by Crippen LogP contribution is -2.40. The minimum absolute atomic E-state index is 0.144. The third kappa shape index (κ3) is 2.79. The van der Waals surface area contributed by atoms with Gasteiger partial charge in [-0.1, -0.05) is 26.0 Å². The molecule has 5 nitrogen and oxygen atoms in total. The van der Waals surface area contributed by atoms with Crippen molar-refractivity contribution in [2.75, 3.05) is 0 Å². The minimum atomic E-state index is -1.82. The van der Waals surface area contributed by atoms with Gasteiger partial charge >= 0.3 is 0 Å². The molecule has 0 aliphatic carbocycles. The van der Waals surface area contributed by atoms with E-state index in [2.05, 4.69) is 44.2 Å². The van der Waals surface area contributed by atoms with E-state index in [4.69, 9.17) is 4.43 Å². The van der Waals surface area contributed by atoms with Crippen LogP contribution >= 0.6 is 0 Å². The lowest BCUT2D eigenvalue weighted by molar-refractivity contribution is 0.0948. The summed E-state index contributed by atoms with van der Waals surface area (Å²) in [5.74, 6) is 0.144. The Kier molecular flexibility index (Phi) is 3.66. The van der Waals surface area contributed by atoms with Crippen LogP contribution in [0.2, 0.25) is 18.1 Å². The van der Waals surface area contributed by atoms with E-state index in [1.165, 1.54) is 0 Å². The van der Waals surface area contributed by atoms with Gasteiger partial charge < -0.3 is 4.43 Å². The summed E-state index contributed by atoms with van der Waals surface area (Å²) in [7, 11) is -1.82. The molecule has 1 aromatic rings. The van der Waals surface area contributed by atoms with Gasteiger partial charge in [0.25, 0.3) is 0 Å². The number of nitrogens with zero attached hydrogens (tertiary/aromatic N) is 3. The highest BCUT2D eigenvalue weighted by Crippen LogP contribution is 2.37. The average Bonchev–Trinajstić information content (AvgIpc) is 2.69. The second-order valence-corrected chi connectivity index (χ2v) is 11.5. The maximum Gasteiger partial charge on any atom is 0.192 e. The Morgan fingerprint density at radius 1 is 1.37 bits per heavy atom. The first-order chi connectivity index (χ1) is 8.72. The number of fused-ring (bicyclic) bond motifs is 1. The molecular formula is C13H23N3O2Si. The van der Waals surface area contributed by atoms with E-state index in [0.717, 1.165) is 13.0 Å². The molecule has 6 heteroatoms. The summed E-state index contributed by atoms with van der Waals surface area (Å²) in [6.07, 6.45) is 1.46. The van der Waals surface area contributed by atoms with E-state index in [9.17, 15) is 4.79 Å². The zero-order valence-electron chi connectivity index (χ0n) is 12.5. The third-order valence-electron chi connectivity index (χ3n) is 4.22. The van der Waals surface area contributed by atoms with Crippen molar-refractivity contribution in [3.05, 3.63) is 11.4 Å². The SMILES string of the molecule is CC(C)(C)[Si](C)(C)OCc1nnn2c1C(=O)CCC2. The van der Waals surface area contributed by atoms with Crippen LogP contribution in [0.4, 0.5) is 0 Å². The normalized spacial score (nSPS) is 16.6. The molecule has 19 heavy (non-hydrogen) atoms. The van der Waals surface area contributed by atoms with Gasteiger partial charge in [0.05, 0.1) is 6.61 Å². The Balaban J connectivity index is 2.13. The number of Topliss-reactive ketones (excluding diaryl/α,β-unsaturated/α-hetero) is 1. The van der Waals surface area contributed by atoms with Crippen LogP contribution in [0.25, 0.3) is 0 Å². The molecule has 0 bridgehead atoms. The van der Waals surface area contributed by atoms with E-state index >= 15 is 0 Å². The number of carbonyl (C=O) groups is 1. The van der Waals surface area contributed by atoms with Crippen molar-refractivity contribution in [3.8, 4) is 0 Å². The summed E-state index contributed by atoms with van der Waals surface area (Å²) >= 11 is 0. The van der Waals surface area contributed by atoms with Crippen LogP contribution < -0.4 is 0 Å². The van der Waals surface area contributed by atoms with Gasteiger partial charge in [-0.3, -0.25) is 4.79 Å². The molecule has 1 aliphatic rings. The summed E-state index contributed by atoms with van der Waals surface area (Å²) in [5, 5.41) is 8.33. The molecule has 0 saturated heterocycles. The molecule has 0 fully saturated rings. The average molecular weight is 281 g/mol. The largest absolute Gasteiger partial charge is 0.411 e. The zero-order chi connectivity index (χ0) is 14.3. The Morgan fingerprint density at radius 2 is 2.05 bits per heavy atom. The molecule has 0 amide bonds. The molecule has 0 unspecified atom stereocenters. The summed E-state index contributed by atoms with van der Waals surface area (Å²) in [6, 6.07) is 0. The summed E-state index contributed by atoms with van der Waals surface area (Å²) < 4.78 is 7.84. The molecule has 0 N–H and O–H groups in total. The Labute approximate surface area is 115 Å². The van der Waals surface area contributed by atoms with Gasteiger partial charge in [0.2, 0.25) is 0 Å². The number of carbonyl (C=O) groups excluding carboxylic acids is 1. The predicted octanol–water partition coefficient (Wildman–Crippen LogP) is 2.78. The first-order valence-electron chi connectivity index (χ1n) is 6.82. The highest BCUT2D eigenvalue weighted by atomic mass is 28.4. The Morgan fingerprint density at radius 3 is 2.68 bits per heavy atom. The van der Waals surface area contributed by atoms with Crippen LogP contribution in [0.3, 0.4) is 0 Å². The fraction of sp³-hybridized carbons (Fsp3) is 0.769. The van der Waals surface area contributed by atoms with Gasteiger partial charge in [-0.15, -0.1) is 5.10 Å². The summed E-state index contributed by atoms with van der Waals surface area (Å²) in [6.45, 7) is 12.2. The van der Waals surface area contributed by atoms with Gasteiger partial charge in [0.15, 0.2) is 14.1 Å². The Hall–Kier alpha value is -1.01. The van der Waals surface area contributed by atoms with Gasteiger partial charge in [-0.2, -0.15) is 0 Å². The van der Waals surface area contributed by atoms with Crippen LogP contribution in [0.1, 0.15) is 49.8 Å². The molecule has 0 aromatic carbocycles. The minimum Gasteiger partial charge on any atom is -0.411 e. The fourth-order valence-corrected chi connectivity index (χ4v) is 2.81. The van der Waals surface area contributed by atoms with Crippen LogP contribution in [-0.4, -0.2) is 29.1 Å². The maximum atomic E-state index is 11.9. The lowest BCUT2D eigenvalue weighted by atomic mass is 10.1. The van der Waals surface area contributed by atoms with Gasteiger partial charge in [-0.05, 0) is 24.6 Å². The number of aryl methyl sites for hydroxylation is 1. The topological polar surface area (TPSA) is 57.0 Å². The van der Waals surface area contributed by atoms with Crippen molar-refractivity contribution in [1.82, 2.24) is 15.0 Å². The maximum absolute atomic E-state index is 11.9. The molecule has 1 aromatic heterocycles. The molecule has 0 atom stereocenters. The second-order valence-electron chi connectivity index (χ2n) is 6.68. The number of rotatable bonds is 3. The van der Waals surface area contributed by atoms with Crippen molar-refractivity contribution in [2.24, 2.45) is 0 Å². The molecule has 2 heterocycles. The molecule has 0 radical (unpaired) electrons. The first kappa shape index (κ1) is 14.4. The second kappa shape index (κ2) is 4.83. The molecule has 0 saturated carbocycles. The van der Waals surface area contributed by atoms with Gasteiger partial charge in [-0.25, -0.2) is 4.68 Å². The molecular weight excluding hydrogens is 258 g/mol. The van der Waals surface area contributed by atoms with Crippen LogP contribution in [0, 0.1) is 0 Å². The highest BCUT2D eigenvalue weighted by Gasteiger charge is 2.37. The summed E-state index contributed by atoms with van der Waals surface area (Å²) in [4.78, 5) is 11.9. The smallest absolute Gasteiger partial charge is 0.192 e. The number of ketones is 1. The quantitative estimate of drug-likeness (QED) is 0.799. The van der Waals surface area contributed by atoms with Gasteiger partial charge in [0, 0.05) is 13.0 Å². The first-order valence-corrected chi connectivity index (χ1v) is 9.73. The molecule has 106 valence electrons. The van der Waals surface area contributed by atoms with E-state index < -0.39 is 8.32 Å². The standard InChI is InChI=1S/C13H23N3O2Si/c1-13(2,3)19(4,5)18-9-10-12-11(17)7-6-8-16(12)15-14-10/h6-9H2,1-5H3. The molecule has 1 aliphatic heterocycles. The molecule has 0 spiro atoms. The number of hydrogen-bond donors (Lipinski definition) is 0. The number of aromatic nitrogens is 3. The van der Waals surface area contributed by atoms with Crippen LogP contribution in [0.5, 0.6) is 0 Å². The van der Waals surface area contributed by atoms with Crippen molar-refractivity contribution in [3.63, 3.8) is 0 Å². The van der Waals surface area contributed by atoms with E-state index in [1.54, 1.807) is 4.68 Å². The van der Waals surface area contributed by atoms with E-state index in [0.29, 0.717) is 24.4 Å². The third-order valence-corrected chi connectivity index (χ3v) is 8.70. The Bertz CT molecular complexity index is 489. The lowest BCUT2D eigenvalue weighted by Gasteiger charge is -2.35. The van der Waals surface area contributed by atoms with Crippen molar-refractivity contribution in [1.29, 1.82) is 0 Å². The van der Waals surface area contributed by atoms with E-state index in [1.807, 2.05) is 0 Å². The number of hydrogen-bond acceptors (Lipinski definition) is 4. The highest BCUT2D eigenvalue weighted by molar-refractivity contribution is 6.74. The van der Waals surface area contributed by atoms with Crippen molar-refractivity contribution < 1.29 is 9.22 Å². The van der Waals surface area contributed by atoms with Crippen LogP contribution in [-0.2, 0) is 17.6 Å².